The summed E-state index contributed by atoms with van der Waals surface area (Å²) in [6.07, 6.45) is 6.83. The molecule has 48 heavy (non-hydrogen) atoms. The Hall–Kier alpha value is -5.53. The average Bonchev–Trinajstić information content (AvgIpc) is 3.84. The number of guanidine groups is 1. The summed E-state index contributed by atoms with van der Waals surface area (Å²) in [5.74, 6) is -4.64. The van der Waals surface area contributed by atoms with Crippen LogP contribution in [0.1, 0.15) is 44.0 Å². The Balaban J connectivity index is 1.72. The first-order valence-electron chi connectivity index (χ1n) is 15.3. The maximum atomic E-state index is 13.6. The largest absolute Gasteiger partial charge is 0.480 e. The summed E-state index contributed by atoms with van der Waals surface area (Å²) >= 11 is 0. The Morgan fingerprint density at radius 3 is 2.10 bits per heavy atom. The number of aliphatic imine (C=N–C) groups is 1. The van der Waals surface area contributed by atoms with Crippen molar-refractivity contribution < 1.29 is 33.9 Å². The molecule has 0 saturated carbocycles. The van der Waals surface area contributed by atoms with Crippen LogP contribution in [0, 0.1) is 0 Å². The molecular weight excluding hydrogens is 630 g/mol. The van der Waals surface area contributed by atoms with E-state index in [1.165, 1.54) is 36.9 Å². The van der Waals surface area contributed by atoms with Crippen LogP contribution in [0.5, 0.6) is 0 Å². The van der Waals surface area contributed by atoms with Crippen molar-refractivity contribution >= 4 is 41.5 Å². The topological polar surface area (TPSA) is 322 Å². The monoisotopic (exact) mass is 673 g/mol. The van der Waals surface area contributed by atoms with Gasteiger partial charge < -0.3 is 58.4 Å². The summed E-state index contributed by atoms with van der Waals surface area (Å²) in [7, 11) is 0. The summed E-state index contributed by atoms with van der Waals surface area (Å²) in [5, 5.41) is 19.8. The van der Waals surface area contributed by atoms with E-state index in [4.69, 9.17) is 17.2 Å². The molecule has 20 heteroatoms. The summed E-state index contributed by atoms with van der Waals surface area (Å²) < 4.78 is 0. The number of nitrogens with one attached hydrogen (secondary N) is 6. The molecular formula is C28H43N13O7. The first-order valence-corrected chi connectivity index (χ1v) is 15.3. The van der Waals surface area contributed by atoms with Crippen LogP contribution < -0.4 is 38.5 Å². The molecule has 20 nitrogen and oxygen atoms in total. The molecule has 0 aromatic carbocycles. The first kappa shape index (κ1) is 36.9. The fourth-order valence-electron chi connectivity index (χ4n) is 5.01. The van der Waals surface area contributed by atoms with Crippen molar-refractivity contribution in [1.82, 2.24) is 46.1 Å². The number of nitrogens with two attached hydrogens (primary N) is 3. The van der Waals surface area contributed by atoms with Gasteiger partial charge in [-0.2, -0.15) is 0 Å². The van der Waals surface area contributed by atoms with Crippen LogP contribution in [0.15, 0.2) is 30.0 Å². The fourth-order valence-corrected chi connectivity index (χ4v) is 5.01. The minimum absolute atomic E-state index is 0.0368. The number of hydrogen-bond acceptors (Lipinski definition) is 10. The van der Waals surface area contributed by atoms with E-state index in [1.54, 1.807) is 0 Å². The molecule has 5 atom stereocenters. The third-order valence-corrected chi connectivity index (χ3v) is 7.46. The van der Waals surface area contributed by atoms with Gasteiger partial charge in [-0.05, 0) is 32.6 Å². The van der Waals surface area contributed by atoms with Crippen LogP contribution in [0.2, 0.25) is 0 Å². The third-order valence-electron chi connectivity index (χ3n) is 7.46. The molecule has 13 N–H and O–H groups in total. The van der Waals surface area contributed by atoms with Crippen LogP contribution in [0.3, 0.4) is 0 Å². The maximum Gasteiger partial charge on any atom is 0.326 e. The number of H-pyrrole nitrogens is 2. The van der Waals surface area contributed by atoms with Gasteiger partial charge in [0, 0.05) is 49.7 Å². The van der Waals surface area contributed by atoms with E-state index in [0.29, 0.717) is 17.8 Å². The van der Waals surface area contributed by atoms with E-state index in [0.717, 1.165) is 0 Å². The van der Waals surface area contributed by atoms with Crippen molar-refractivity contribution in [1.29, 1.82) is 0 Å². The van der Waals surface area contributed by atoms with Crippen molar-refractivity contribution in [3.63, 3.8) is 0 Å². The van der Waals surface area contributed by atoms with Gasteiger partial charge in [-0.1, -0.05) is 0 Å². The van der Waals surface area contributed by atoms with Gasteiger partial charge in [-0.3, -0.25) is 29.0 Å². The molecule has 1 saturated heterocycles. The van der Waals surface area contributed by atoms with Crippen LogP contribution in [-0.4, -0.2) is 121 Å². The van der Waals surface area contributed by atoms with Gasteiger partial charge in [0.05, 0.1) is 25.2 Å². The molecule has 3 rings (SSSR count). The molecule has 1 fully saturated rings. The van der Waals surface area contributed by atoms with Crippen molar-refractivity contribution in [3.8, 4) is 0 Å². The molecule has 3 heterocycles. The highest BCUT2D eigenvalue weighted by Crippen LogP contribution is 2.20. The van der Waals surface area contributed by atoms with E-state index in [-0.39, 0.29) is 51.2 Å². The number of likely N-dealkylation sites (tertiary alicyclic amines) is 1. The molecule has 1 aliphatic rings. The van der Waals surface area contributed by atoms with Gasteiger partial charge in [0.2, 0.25) is 29.5 Å². The second-order valence-electron chi connectivity index (χ2n) is 11.3. The van der Waals surface area contributed by atoms with E-state index in [9.17, 15) is 33.9 Å². The molecule has 0 aliphatic carbocycles. The van der Waals surface area contributed by atoms with E-state index < -0.39 is 72.3 Å². The van der Waals surface area contributed by atoms with Gasteiger partial charge in [-0.25, -0.2) is 14.8 Å². The van der Waals surface area contributed by atoms with Gasteiger partial charge in [0.15, 0.2) is 5.96 Å². The number of carbonyl (C=O) groups excluding carboxylic acids is 5. The number of aromatic amines is 2. The van der Waals surface area contributed by atoms with Crippen molar-refractivity contribution in [2.75, 3.05) is 19.6 Å². The molecule has 2 aromatic heterocycles. The lowest BCUT2D eigenvalue weighted by atomic mass is 10.1. The summed E-state index contributed by atoms with van der Waals surface area (Å²) in [4.78, 5) is 95.9. The molecule has 1 aliphatic heterocycles. The van der Waals surface area contributed by atoms with Crippen molar-refractivity contribution in [2.24, 2.45) is 22.2 Å². The predicted molar refractivity (Wildman–Crippen MR) is 169 cm³/mol. The summed E-state index contributed by atoms with van der Waals surface area (Å²) in [5.41, 5.74) is 17.4. The number of rotatable bonds is 18. The van der Waals surface area contributed by atoms with E-state index in [1.807, 2.05) is 0 Å². The third kappa shape index (κ3) is 11.4. The highest BCUT2D eigenvalue weighted by molar-refractivity contribution is 5.95. The van der Waals surface area contributed by atoms with Gasteiger partial charge in [0.1, 0.15) is 24.2 Å². The standard InChI is InChI=1S/C28H43N13O7/c1-15(29)23(43)40-19(8-16-10-32-13-36-16)24(44)35-12-22(42)38-20(9-17-11-33-14-37-17)25(45)39-18(4-2-6-34-28(30)31)26(46)41-7-3-5-21(41)27(47)48/h10-11,13-15,18-21H,2-9,12,29H2,1H3,(H,32,36)(H,33,37)(H,35,44)(H,38,42)(H,39,45)(H,40,43)(H,47,48)(H4,30,31,34). The second kappa shape index (κ2) is 18.0. The highest BCUT2D eigenvalue weighted by atomic mass is 16.4. The van der Waals surface area contributed by atoms with Gasteiger partial charge in [-0.15, -0.1) is 0 Å². The van der Waals surface area contributed by atoms with Crippen LogP contribution >= 0.6 is 0 Å². The number of aliphatic carboxylic acids is 1. The Morgan fingerprint density at radius 2 is 1.56 bits per heavy atom. The SMILES string of the molecule is CC(N)C(=O)NC(Cc1cnc[nH]1)C(=O)NCC(=O)NC(Cc1cnc[nH]1)C(=O)NC(CCCN=C(N)N)C(=O)N1CCCC1C(=O)O. The van der Waals surface area contributed by atoms with Crippen LogP contribution in [0.4, 0.5) is 0 Å². The molecule has 0 radical (unpaired) electrons. The Kier molecular flexibility index (Phi) is 13.8. The zero-order chi connectivity index (χ0) is 35.2. The lowest BCUT2D eigenvalue weighted by molar-refractivity contribution is -0.149. The number of aromatic nitrogens is 4. The molecule has 5 amide bonds. The number of imidazole rings is 2. The smallest absolute Gasteiger partial charge is 0.326 e. The zero-order valence-corrected chi connectivity index (χ0v) is 26.5. The van der Waals surface area contributed by atoms with Gasteiger partial charge in [0.25, 0.3) is 0 Å². The van der Waals surface area contributed by atoms with Gasteiger partial charge >= 0.3 is 5.97 Å². The second-order valence-corrected chi connectivity index (χ2v) is 11.3. The molecule has 0 bridgehead atoms. The average molecular weight is 674 g/mol. The Labute approximate surface area is 275 Å². The molecule has 5 unspecified atom stereocenters. The minimum Gasteiger partial charge on any atom is -0.480 e. The molecule has 0 spiro atoms. The number of hydrogen-bond donors (Lipinski definition) is 10. The normalized spacial score (nSPS) is 16.5. The fraction of sp³-hybridized carbons (Fsp3) is 0.536. The Morgan fingerprint density at radius 1 is 0.958 bits per heavy atom. The quantitative estimate of drug-likeness (QED) is 0.0411. The number of amides is 5. The van der Waals surface area contributed by atoms with Crippen molar-refractivity contribution in [2.45, 2.75) is 75.7 Å². The maximum absolute atomic E-state index is 13.6. The van der Waals surface area contributed by atoms with Crippen molar-refractivity contribution in [3.05, 3.63) is 36.4 Å². The lowest BCUT2D eigenvalue weighted by Crippen LogP contribution is -2.57. The lowest BCUT2D eigenvalue weighted by Gasteiger charge is -2.28. The number of carboxylic acid groups (broad SMARTS) is 1. The number of carbonyl (C=O) groups is 6. The minimum atomic E-state index is -1.24. The Bertz CT molecular complexity index is 1420. The highest BCUT2D eigenvalue weighted by Gasteiger charge is 2.38. The zero-order valence-electron chi connectivity index (χ0n) is 26.5. The summed E-state index contributed by atoms with van der Waals surface area (Å²) in [6.45, 7) is 1.26. The molecule has 2 aromatic rings. The summed E-state index contributed by atoms with van der Waals surface area (Å²) in [6, 6.07) is -5.41. The van der Waals surface area contributed by atoms with E-state index >= 15 is 0 Å². The predicted octanol–water partition coefficient (Wildman–Crippen LogP) is -4.03. The first-order chi connectivity index (χ1) is 22.8. The van der Waals surface area contributed by atoms with E-state index in [2.05, 4.69) is 46.2 Å². The number of carboxylic acids is 1. The number of nitrogens with zero attached hydrogens (tertiary/aromatic N) is 4. The molecule has 262 valence electrons. The van der Waals surface area contributed by atoms with Crippen LogP contribution in [0.25, 0.3) is 0 Å². The van der Waals surface area contributed by atoms with Crippen LogP contribution in [-0.2, 0) is 41.6 Å².